The van der Waals surface area contributed by atoms with Crippen LogP contribution in [-0.2, 0) is 0 Å². The number of rotatable bonds is 8. The molecular formula is C24H20ClN3O6. The van der Waals surface area contributed by atoms with E-state index in [9.17, 15) is 19.5 Å². The molecule has 0 aromatic heterocycles. The van der Waals surface area contributed by atoms with Gasteiger partial charge in [-0.3, -0.25) is 9.59 Å². The second kappa shape index (κ2) is 11.0. The first-order valence-electron chi connectivity index (χ1n) is 9.83. The van der Waals surface area contributed by atoms with E-state index in [1.165, 1.54) is 44.7 Å². The van der Waals surface area contributed by atoms with Crippen molar-refractivity contribution >= 4 is 41.3 Å². The van der Waals surface area contributed by atoms with Crippen molar-refractivity contribution in [2.45, 2.75) is 0 Å². The normalized spacial score (nSPS) is 10.6. The van der Waals surface area contributed by atoms with E-state index in [1.54, 1.807) is 36.4 Å². The minimum absolute atomic E-state index is 0.0414. The zero-order chi connectivity index (χ0) is 24.7. The molecule has 0 atom stereocenters. The van der Waals surface area contributed by atoms with Crippen molar-refractivity contribution < 1.29 is 29.0 Å². The Morgan fingerprint density at radius 1 is 0.941 bits per heavy atom. The number of carbonyl (C=O) groups excluding carboxylic acids is 2. The van der Waals surface area contributed by atoms with E-state index >= 15 is 0 Å². The average molecular weight is 482 g/mol. The van der Waals surface area contributed by atoms with E-state index in [2.05, 4.69) is 15.8 Å². The fourth-order valence-corrected chi connectivity index (χ4v) is 3.27. The van der Waals surface area contributed by atoms with Gasteiger partial charge in [-0.1, -0.05) is 23.7 Å². The fourth-order valence-electron chi connectivity index (χ4n) is 3.04. The van der Waals surface area contributed by atoms with Crippen LogP contribution in [0, 0.1) is 0 Å². The summed E-state index contributed by atoms with van der Waals surface area (Å²) in [6.07, 6.45) is 1.20. The predicted molar refractivity (Wildman–Crippen MR) is 127 cm³/mol. The number of carbonyl (C=O) groups is 3. The molecule has 3 aromatic carbocycles. The molecule has 0 unspecified atom stereocenters. The lowest BCUT2D eigenvalue weighted by atomic mass is 10.1. The van der Waals surface area contributed by atoms with E-state index in [0.29, 0.717) is 16.3 Å². The molecule has 0 aliphatic rings. The molecule has 10 heteroatoms. The summed E-state index contributed by atoms with van der Waals surface area (Å²) in [5.41, 5.74) is 3.47. The molecule has 0 saturated heterocycles. The lowest BCUT2D eigenvalue weighted by molar-refractivity contribution is 0.0692. The van der Waals surface area contributed by atoms with Gasteiger partial charge in [-0.05, 0) is 48.5 Å². The van der Waals surface area contributed by atoms with Crippen LogP contribution in [0.2, 0.25) is 5.02 Å². The Bertz CT molecular complexity index is 1260. The molecular weight excluding hydrogens is 462 g/mol. The summed E-state index contributed by atoms with van der Waals surface area (Å²) in [7, 11) is 2.72. The third kappa shape index (κ3) is 5.51. The van der Waals surface area contributed by atoms with Gasteiger partial charge in [-0.25, -0.2) is 10.2 Å². The molecule has 0 fully saturated rings. The first kappa shape index (κ1) is 24.3. The molecule has 0 saturated carbocycles. The van der Waals surface area contributed by atoms with Crippen molar-refractivity contribution in [3.63, 3.8) is 0 Å². The smallest absolute Gasteiger partial charge is 0.340 e. The van der Waals surface area contributed by atoms with Crippen molar-refractivity contribution in [2.24, 2.45) is 5.10 Å². The summed E-state index contributed by atoms with van der Waals surface area (Å²) < 4.78 is 10.3. The Morgan fingerprint density at radius 2 is 1.65 bits per heavy atom. The maximum absolute atomic E-state index is 12.4. The summed E-state index contributed by atoms with van der Waals surface area (Å²) in [5.74, 6) is -1.85. The van der Waals surface area contributed by atoms with Gasteiger partial charge in [0.1, 0.15) is 5.56 Å². The van der Waals surface area contributed by atoms with Crippen molar-refractivity contribution in [3.05, 3.63) is 87.9 Å². The molecule has 9 nitrogen and oxygen atoms in total. The largest absolute Gasteiger partial charge is 0.493 e. The van der Waals surface area contributed by atoms with Crippen molar-refractivity contribution in [2.75, 3.05) is 19.5 Å². The first-order chi connectivity index (χ1) is 16.3. The van der Waals surface area contributed by atoms with E-state index in [-0.39, 0.29) is 34.1 Å². The van der Waals surface area contributed by atoms with Crippen LogP contribution in [0.5, 0.6) is 11.5 Å². The number of anilines is 1. The number of carboxylic acids is 1. The molecule has 0 heterocycles. The lowest BCUT2D eigenvalue weighted by Crippen LogP contribution is -2.18. The third-order valence-electron chi connectivity index (χ3n) is 4.68. The van der Waals surface area contributed by atoms with E-state index in [4.69, 9.17) is 21.1 Å². The van der Waals surface area contributed by atoms with Crippen molar-refractivity contribution in [3.8, 4) is 11.5 Å². The van der Waals surface area contributed by atoms with Gasteiger partial charge < -0.3 is 19.9 Å². The summed E-state index contributed by atoms with van der Waals surface area (Å²) in [4.78, 5) is 36.4. The maximum atomic E-state index is 12.4. The highest BCUT2D eigenvalue weighted by Crippen LogP contribution is 2.32. The molecule has 2 amide bonds. The van der Waals surface area contributed by atoms with Crippen LogP contribution in [0.3, 0.4) is 0 Å². The molecule has 0 radical (unpaired) electrons. The van der Waals surface area contributed by atoms with E-state index in [0.717, 1.165) is 0 Å². The van der Waals surface area contributed by atoms with Crippen LogP contribution in [0.1, 0.15) is 36.6 Å². The highest BCUT2D eigenvalue weighted by molar-refractivity contribution is 6.34. The molecule has 3 aromatic rings. The molecule has 0 aliphatic heterocycles. The van der Waals surface area contributed by atoms with E-state index in [1.807, 2.05) is 0 Å². The topological polar surface area (TPSA) is 126 Å². The second-order valence-corrected chi connectivity index (χ2v) is 7.19. The number of hydrogen-bond acceptors (Lipinski definition) is 6. The number of aromatic carboxylic acids is 1. The van der Waals surface area contributed by atoms with E-state index < -0.39 is 11.9 Å². The Hall–Kier alpha value is -4.37. The maximum Gasteiger partial charge on any atom is 0.340 e. The second-order valence-electron chi connectivity index (χ2n) is 6.78. The number of ether oxygens (including phenoxy) is 2. The quantitative estimate of drug-likeness (QED) is 0.329. The SMILES string of the molecule is COc1ccc(C=NNC(=O)c2ccc(NC(=O)c3ccccc3Cl)cc2)c(C(=O)O)c1OC. The number of benzene rings is 3. The lowest BCUT2D eigenvalue weighted by Gasteiger charge is -2.12. The summed E-state index contributed by atoms with van der Waals surface area (Å²) in [5, 5.41) is 16.4. The third-order valence-corrected chi connectivity index (χ3v) is 5.01. The number of nitrogens with zero attached hydrogens (tertiary/aromatic N) is 1. The Kier molecular flexibility index (Phi) is 7.83. The Balaban J connectivity index is 1.68. The van der Waals surface area contributed by atoms with Gasteiger partial charge in [-0.15, -0.1) is 0 Å². The van der Waals surface area contributed by atoms with Crippen LogP contribution in [-0.4, -0.2) is 43.3 Å². The zero-order valence-corrected chi connectivity index (χ0v) is 18.9. The summed E-state index contributed by atoms with van der Waals surface area (Å²) in [6, 6.07) is 15.8. The molecule has 34 heavy (non-hydrogen) atoms. The molecule has 0 spiro atoms. The predicted octanol–water partition coefficient (Wildman–Crippen LogP) is 4.07. The number of hydrazone groups is 1. The van der Waals surface area contributed by atoms with Gasteiger partial charge in [0.2, 0.25) is 0 Å². The number of methoxy groups -OCH3 is 2. The number of nitrogens with one attached hydrogen (secondary N) is 2. The summed E-state index contributed by atoms with van der Waals surface area (Å²) >= 11 is 6.03. The van der Waals surface area contributed by atoms with Gasteiger partial charge in [0.05, 0.1) is 31.0 Å². The average Bonchev–Trinajstić information content (AvgIpc) is 2.83. The molecule has 0 aliphatic carbocycles. The minimum atomic E-state index is -1.24. The Labute approximate surface area is 200 Å². The standard InChI is InChI=1S/C24H20ClN3O6/c1-33-19-12-9-15(20(24(31)32)21(19)34-2)13-26-28-22(29)14-7-10-16(11-8-14)27-23(30)17-5-3-4-6-18(17)25/h3-13H,1-2H3,(H,27,30)(H,28,29)(H,31,32). The number of amides is 2. The highest BCUT2D eigenvalue weighted by Gasteiger charge is 2.20. The highest BCUT2D eigenvalue weighted by atomic mass is 35.5. The van der Waals surface area contributed by atoms with Gasteiger partial charge in [-0.2, -0.15) is 5.10 Å². The fraction of sp³-hybridized carbons (Fsp3) is 0.0833. The van der Waals surface area contributed by atoms with Crippen LogP contribution >= 0.6 is 11.6 Å². The van der Waals surface area contributed by atoms with Gasteiger partial charge in [0.15, 0.2) is 11.5 Å². The number of hydrogen-bond donors (Lipinski definition) is 3. The first-order valence-corrected chi connectivity index (χ1v) is 10.2. The van der Waals surface area contributed by atoms with Gasteiger partial charge in [0.25, 0.3) is 11.8 Å². The molecule has 174 valence electrons. The van der Waals surface area contributed by atoms with Crippen LogP contribution < -0.4 is 20.2 Å². The minimum Gasteiger partial charge on any atom is -0.493 e. The van der Waals surface area contributed by atoms with Crippen molar-refractivity contribution in [1.82, 2.24) is 5.43 Å². The van der Waals surface area contributed by atoms with Crippen LogP contribution in [0.25, 0.3) is 0 Å². The molecule has 0 bridgehead atoms. The van der Waals surface area contributed by atoms with Gasteiger partial charge >= 0.3 is 5.97 Å². The number of halogens is 1. The Morgan fingerprint density at radius 3 is 2.26 bits per heavy atom. The monoisotopic (exact) mass is 481 g/mol. The molecule has 3 rings (SSSR count). The zero-order valence-electron chi connectivity index (χ0n) is 18.2. The van der Waals surface area contributed by atoms with Crippen LogP contribution in [0.4, 0.5) is 5.69 Å². The van der Waals surface area contributed by atoms with Crippen molar-refractivity contribution in [1.29, 1.82) is 0 Å². The van der Waals surface area contributed by atoms with Crippen LogP contribution in [0.15, 0.2) is 65.8 Å². The molecule has 3 N–H and O–H groups in total. The van der Waals surface area contributed by atoms with Gasteiger partial charge in [0, 0.05) is 16.8 Å². The number of carboxylic acid groups (broad SMARTS) is 1. The summed E-state index contributed by atoms with van der Waals surface area (Å²) in [6.45, 7) is 0.